The largest absolute Gasteiger partial charge is 0.365 e. The molecule has 0 saturated carbocycles. The Bertz CT molecular complexity index is 557. The first kappa shape index (κ1) is 15.3. The molecule has 0 amide bonds. The summed E-state index contributed by atoms with van der Waals surface area (Å²) in [6.07, 6.45) is 6.14. The lowest BCUT2D eigenvalue weighted by Gasteiger charge is -2.15. The molecular formula is C20H22O. The van der Waals surface area contributed by atoms with Gasteiger partial charge >= 0.3 is 0 Å². The van der Waals surface area contributed by atoms with Crippen molar-refractivity contribution in [2.75, 3.05) is 0 Å². The maximum atomic E-state index is 6.09. The van der Waals surface area contributed by atoms with Crippen molar-refractivity contribution in [2.45, 2.75) is 19.6 Å². The number of hydrogen-bond donors (Lipinski definition) is 0. The van der Waals surface area contributed by atoms with Crippen LogP contribution in [0.4, 0.5) is 0 Å². The number of ether oxygens (including phenoxy) is 1. The molecule has 0 fully saturated rings. The Morgan fingerprint density at radius 1 is 0.952 bits per heavy atom. The van der Waals surface area contributed by atoms with E-state index in [4.69, 9.17) is 4.74 Å². The summed E-state index contributed by atoms with van der Waals surface area (Å²) in [5.74, 6) is 0.344. The maximum absolute atomic E-state index is 6.09. The first-order valence-corrected chi connectivity index (χ1v) is 7.31. The molecule has 108 valence electrons. The van der Waals surface area contributed by atoms with Gasteiger partial charge in [0.15, 0.2) is 0 Å². The third kappa shape index (κ3) is 5.05. The maximum Gasteiger partial charge on any atom is 0.101 e. The highest BCUT2D eigenvalue weighted by Gasteiger charge is 2.08. The van der Waals surface area contributed by atoms with Crippen LogP contribution in [0.3, 0.4) is 0 Å². The molecule has 0 aliphatic heterocycles. The smallest absolute Gasteiger partial charge is 0.101 e. The summed E-state index contributed by atoms with van der Waals surface area (Å²) >= 11 is 0. The second-order valence-electron chi connectivity index (χ2n) is 5.11. The lowest BCUT2D eigenvalue weighted by Crippen LogP contribution is -2.02. The minimum Gasteiger partial charge on any atom is -0.365 e. The molecule has 21 heavy (non-hydrogen) atoms. The Balaban J connectivity index is 2.08. The third-order valence-corrected chi connectivity index (χ3v) is 3.36. The highest BCUT2D eigenvalue weighted by molar-refractivity contribution is 5.22. The molecule has 0 bridgehead atoms. The predicted octanol–water partition coefficient (Wildman–Crippen LogP) is 5.32. The molecule has 0 N–H and O–H groups in total. The van der Waals surface area contributed by atoms with E-state index in [0.29, 0.717) is 12.5 Å². The van der Waals surface area contributed by atoms with E-state index in [2.05, 4.69) is 49.9 Å². The van der Waals surface area contributed by atoms with Crippen LogP contribution < -0.4 is 0 Å². The fourth-order valence-corrected chi connectivity index (χ4v) is 2.02. The second kappa shape index (κ2) is 8.23. The van der Waals surface area contributed by atoms with Crippen LogP contribution in [0.1, 0.15) is 24.2 Å². The Labute approximate surface area is 127 Å². The van der Waals surface area contributed by atoms with E-state index in [1.54, 1.807) is 0 Å². The molecule has 2 atom stereocenters. The molecule has 0 radical (unpaired) electrons. The summed E-state index contributed by atoms with van der Waals surface area (Å²) in [5.41, 5.74) is 2.35. The molecule has 0 aliphatic carbocycles. The Morgan fingerprint density at radius 2 is 1.57 bits per heavy atom. The molecular weight excluding hydrogens is 256 g/mol. The molecule has 0 saturated heterocycles. The van der Waals surface area contributed by atoms with Gasteiger partial charge in [-0.15, -0.1) is 6.58 Å². The van der Waals surface area contributed by atoms with Crippen molar-refractivity contribution in [1.29, 1.82) is 0 Å². The van der Waals surface area contributed by atoms with Gasteiger partial charge in [0.25, 0.3) is 0 Å². The molecule has 1 nitrogen and oxygen atoms in total. The van der Waals surface area contributed by atoms with E-state index in [1.807, 2.05) is 42.5 Å². The molecule has 0 aromatic heterocycles. The Kier molecular flexibility index (Phi) is 5.99. The van der Waals surface area contributed by atoms with E-state index >= 15 is 0 Å². The van der Waals surface area contributed by atoms with Crippen LogP contribution in [0.25, 0.3) is 0 Å². The normalized spacial score (nSPS) is 14.0. The zero-order valence-corrected chi connectivity index (χ0v) is 12.5. The van der Waals surface area contributed by atoms with Crippen LogP contribution in [-0.4, -0.2) is 0 Å². The van der Waals surface area contributed by atoms with Crippen molar-refractivity contribution in [1.82, 2.24) is 0 Å². The van der Waals surface area contributed by atoms with Crippen molar-refractivity contribution in [2.24, 2.45) is 5.92 Å². The first-order chi connectivity index (χ1) is 10.3. The van der Waals surface area contributed by atoms with Crippen molar-refractivity contribution in [3.63, 3.8) is 0 Å². The van der Waals surface area contributed by atoms with Crippen LogP contribution in [0.15, 0.2) is 85.5 Å². The number of rotatable bonds is 7. The highest BCUT2D eigenvalue weighted by atomic mass is 16.5. The van der Waals surface area contributed by atoms with Crippen molar-refractivity contribution < 1.29 is 4.74 Å². The summed E-state index contributed by atoms with van der Waals surface area (Å²) in [4.78, 5) is 0. The molecule has 0 spiro atoms. The van der Waals surface area contributed by atoms with Gasteiger partial charge in [0.1, 0.15) is 6.10 Å². The topological polar surface area (TPSA) is 9.23 Å². The molecule has 0 heterocycles. The van der Waals surface area contributed by atoms with E-state index in [-0.39, 0.29) is 6.10 Å². The first-order valence-electron chi connectivity index (χ1n) is 7.31. The van der Waals surface area contributed by atoms with Crippen LogP contribution >= 0.6 is 0 Å². The van der Waals surface area contributed by atoms with Crippen LogP contribution in [0.2, 0.25) is 0 Å². The third-order valence-electron chi connectivity index (χ3n) is 3.36. The summed E-state index contributed by atoms with van der Waals surface area (Å²) in [6.45, 7) is 6.53. The summed E-state index contributed by atoms with van der Waals surface area (Å²) < 4.78 is 6.09. The minimum atomic E-state index is -0.0335. The predicted molar refractivity (Wildman–Crippen MR) is 88.9 cm³/mol. The van der Waals surface area contributed by atoms with E-state index in [9.17, 15) is 0 Å². The molecule has 2 aromatic rings. The van der Waals surface area contributed by atoms with Crippen LogP contribution in [0.5, 0.6) is 0 Å². The van der Waals surface area contributed by atoms with Gasteiger partial charge < -0.3 is 4.74 Å². The van der Waals surface area contributed by atoms with Gasteiger partial charge in [-0.2, -0.15) is 0 Å². The number of allylic oxidation sites excluding steroid dienone is 2. The zero-order chi connectivity index (χ0) is 14.9. The standard InChI is InChI=1S/C20H22O/c1-3-17(2)14-15-20(19-12-8-5-9-13-19)21-16-18-10-6-4-7-11-18/h3-15,17,20H,1,16H2,2H3/b15-14+/t17-,20+/m0/s1. The van der Waals surface area contributed by atoms with E-state index < -0.39 is 0 Å². The number of benzene rings is 2. The highest BCUT2D eigenvalue weighted by Crippen LogP contribution is 2.21. The quantitative estimate of drug-likeness (QED) is 0.623. The Hall–Kier alpha value is -2.12. The monoisotopic (exact) mass is 278 g/mol. The average Bonchev–Trinajstić information content (AvgIpc) is 2.56. The van der Waals surface area contributed by atoms with Gasteiger partial charge in [-0.3, -0.25) is 0 Å². The van der Waals surface area contributed by atoms with Crippen LogP contribution in [0, 0.1) is 5.92 Å². The van der Waals surface area contributed by atoms with Crippen molar-refractivity contribution in [3.8, 4) is 0 Å². The fraction of sp³-hybridized carbons (Fsp3) is 0.200. The van der Waals surface area contributed by atoms with E-state index in [0.717, 1.165) is 0 Å². The number of hydrogen-bond acceptors (Lipinski definition) is 1. The molecule has 2 aromatic carbocycles. The molecule has 1 heteroatoms. The van der Waals surface area contributed by atoms with Crippen molar-refractivity contribution >= 4 is 0 Å². The van der Waals surface area contributed by atoms with Gasteiger partial charge in [-0.1, -0.05) is 85.8 Å². The molecule has 0 unspecified atom stereocenters. The lowest BCUT2D eigenvalue weighted by atomic mass is 10.1. The average molecular weight is 278 g/mol. The lowest BCUT2D eigenvalue weighted by molar-refractivity contribution is 0.0715. The molecule has 0 aliphatic rings. The summed E-state index contributed by atoms with van der Waals surface area (Å²) in [5, 5.41) is 0. The zero-order valence-electron chi connectivity index (χ0n) is 12.5. The van der Waals surface area contributed by atoms with E-state index in [1.165, 1.54) is 11.1 Å². The van der Waals surface area contributed by atoms with Crippen molar-refractivity contribution in [3.05, 3.63) is 96.6 Å². The summed E-state index contributed by atoms with van der Waals surface area (Å²) in [7, 11) is 0. The molecule has 2 rings (SSSR count). The van der Waals surface area contributed by atoms with Gasteiger partial charge in [-0.05, 0) is 17.0 Å². The van der Waals surface area contributed by atoms with Gasteiger partial charge in [0.05, 0.1) is 6.61 Å². The Morgan fingerprint density at radius 3 is 2.19 bits per heavy atom. The van der Waals surface area contributed by atoms with Gasteiger partial charge in [0, 0.05) is 0 Å². The van der Waals surface area contributed by atoms with Crippen LogP contribution in [-0.2, 0) is 11.3 Å². The summed E-state index contributed by atoms with van der Waals surface area (Å²) in [6, 6.07) is 20.5. The second-order valence-corrected chi connectivity index (χ2v) is 5.11. The fourth-order valence-electron chi connectivity index (χ4n) is 2.02. The SMILES string of the molecule is C=C[C@H](C)/C=C/[C@@H](OCc1ccccc1)c1ccccc1. The minimum absolute atomic E-state index is 0.0335. The van der Waals surface area contributed by atoms with Gasteiger partial charge in [-0.25, -0.2) is 0 Å². The van der Waals surface area contributed by atoms with Gasteiger partial charge in [0.2, 0.25) is 0 Å².